The summed E-state index contributed by atoms with van der Waals surface area (Å²) in [5, 5.41) is 13.7. The van der Waals surface area contributed by atoms with E-state index in [0.29, 0.717) is 6.54 Å². The number of nitrogens with one attached hydrogen (secondary N) is 2. The minimum atomic E-state index is -3.59. The molecule has 0 spiro atoms. The molecule has 0 amide bonds. The van der Waals surface area contributed by atoms with E-state index in [0.717, 1.165) is 12.8 Å². The van der Waals surface area contributed by atoms with E-state index in [1.165, 1.54) is 18.2 Å². The zero-order chi connectivity index (χ0) is 14.0. The molecule has 104 valence electrons. The van der Waals surface area contributed by atoms with E-state index >= 15 is 0 Å². The molecule has 1 aliphatic rings. The maximum absolute atomic E-state index is 12.0. The monoisotopic (exact) mass is 285 g/mol. The van der Waals surface area contributed by atoms with Gasteiger partial charge in [-0.15, -0.1) is 0 Å². The summed E-state index contributed by atoms with van der Waals surface area (Å²) >= 11 is 0. The number of anilines is 1. The quantitative estimate of drug-likeness (QED) is 0.608. The lowest BCUT2D eigenvalue weighted by atomic mass is 10.2. The van der Waals surface area contributed by atoms with Crippen molar-refractivity contribution in [1.82, 2.24) is 4.72 Å². The van der Waals surface area contributed by atoms with Gasteiger partial charge in [-0.1, -0.05) is 0 Å². The van der Waals surface area contributed by atoms with E-state index in [2.05, 4.69) is 10.0 Å². The number of hydrogen-bond donors (Lipinski definition) is 2. The Morgan fingerprint density at radius 1 is 1.42 bits per heavy atom. The first-order valence-corrected chi connectivity index (χ1v) is 7.47. The van der Waals surface area contributed by atoms with Gasteiger partial charge >= 0.3 is 0 Å². The van der Waals surface area contributed by atoms with Gasteiger partial charge in [0.15, 0.2) is 0 Å². The summed E-state index contributed by atoms with van der Waals surface area (Å²) in [6.07, 6.45) is 1.68. The van der Waals surface area contributed by atoms with Crippen molar-refractivity contribution < 1.29 is 13.3 Å². The molecule has 1 fully saturated rings. The molecule has 2 N–H and O–H groups in total. The molecule has 1 aromatic rings. The molecule has 1 aliphatic carbocycles. The number of hydrogen-bond acceptors (Lipinski definition) is 5. The molecule has 0 radical (unpaired) electrons. The van der Waals surface area contributed by atoms with Crippen LogP contribution in [0.15, 0.2) is 23.1 Å². The first-order valence-electron chi connectivity index (χ1n) is 5.98. The van der Waals surface area contributed by atoms with Crippen LogP contribution in [0, 0.1) is 10.1 Å². The minimum absolute atomic E-state index is 0.00257. The SMILES string of the molecule is CCNc1cc(S(=O)(=O)NC2CC2)ccc1[N+](=O)[O-]. The van der Waals surface area contributed by atoms with Crippen LogP contribution in [0.5, 0.6) is 0 Å². The molecule has 0 aliphatic heterocycles. The molecule has 7 nitrogen and oxygen atoms in total. The molecule has 1 aromatic carbocycles. The fourth-order valence-corrected chi connectivity index (χ4v) is 2.99. The van der Waals surface area contributed by atoms with Crippen LogP contribution in [0.3, 0.4) is 0 Å². The van der Waals surface area contributed by atoms with Crippen molar-refractivity contribution >= 4 is 21.4 Å². The molecule has 0 aromatic heterocycles. The highest BCUT2D eigenvalue weighted by Crippen LogP contribution is 2.28. The Morgan fingerprint density at radius 3 is 2.63 bits per heavy atom. The summed E-state index contributed by atoms with van der Waals surface area (Å²) in [4.78, 5) is 10.3. The molecule has 1 saturated carbocycles. The third-order valence-electron chi connectivity index (χ3n) is 2.74. The van der Waals surface area contributed by atoms with Gasteiger partial charge < -0.3 is 5.32 Å². The van der Waals surface area contributed by atoms with Crippen molar-refractivity contribution in [2.24, 2.45) is 0 Å². The zero-order valence-corrected chi connectivity index (χ0v) is 11.2. The van der Waals surface area contributed by atoms with Crippen molar-refractivity contribution in [3.63, 3.8) is 0 Å². The van der Waals surface area contributed by atoms with Crippen molar-refractivity contribution in [1.29, 1.82) is 0 Å². The Morgan fingerprint density at radius 2 is 2.11 bits per heavy atom. The van der Waals surface area contributed by atoms with E-state index in [4.69, 9.17) is 0 Å². The number of rotatable bonds is 6. The minimum Gasteiger partial charge on any atom is -0.380 e. The Labute approximate surface area is 111 Å². The largest absolute Gasteiger partial charge is 0.380 e. The molecule has 0 bridgehead atoms. The Bertz CT molecular complexity index is 596. The zero-order valence-electron chi connectivity index (χ0n) is 10.4. The molecule has 8 heteroatoms. The van der Waals surface area contributed by atoms with Crippen LogP contribution in [0.25, 0.3) is 0 Å². The molecule has 0 unspecified atom stereocenters. The van der Waals surface area contributed by atoms with Gasteiger partial charge in [-0.25, -0.2) is 13.1 Å². The average molecular weight is 285 g/mol. The molecule has 0 saturated heterocycles. The third-order valence-corrected chi connectivity index (χ3v) is 4.26. The molecule has 0 atom stereocenters. The number of sulfonamides is 1. The third kappa shape index (κ3) is 3.21. The van der Waals surface area contributed by atoms with Gasteiger partial charge in [0.2, 0.25) is 10.0 Å². The second-order valence-electron chi connectivity index (χ2n) is 4.36. The van der Waals surface area contributed by atoms with Crippen LogP contribution in [-0.4, -0.2) is 25.9 Å². The average Bonchev–Trinajstić information content (AvgIpc) is 3.12. The van der Waals surface area contributed by atoms with Crippen LogP contribution >= 0.6 is 0 Å². The lowest BCUT2D eigenvalue weighted by Gasteiger charge is -2.09. The highest BCUT2D eigenvalue weighted by atomic mass is 32.2. The lowest BCUT2D eigenvalue weighted by molar-refractivity contribution is -0.384. The smallest absolute Gasteiger partial charge is 0.292 e. The first kappa shape index (κ1) is 13.8. The van der Waals surface area contributed by atoms with Gasteiger partial charge in [-0.3, -0.25) is 10.1 Å². The van der Waals surface area contributed by atoms with Crippen LogP contribution in [0.1, 0.15) is 19.8 Å². The van der Waals surface area contributed by atoms with Crippen LogP contribution < -0.4 is 10.0 Å². The Balaban J connectivity index is 2.36. The van der Waals surface area contributed by atoms with E-state index in [-0.39, 0.29) is 22.3 Å². The predicted octanol–water partition coefficient (Wildman–Crippen LogP) is 1.47. The van der Waals surface area contributed by atoms with Crippen molar-refractivity contribution in [3.8, 4) is 0 Å². The standard InChI is InChI=1S/C11H15N3O4S/c1-2-12-10-7-9(5-6-11(10)14(15)16)19(17,18)13-8-3-4-8/h5-8,12-13H,2-4H2,1H3. The van der Waals surface area contributed by atoms with E-state index in [1.807, 2.05) is 0 Å². The molecule has 19 heavy (non-hydrogen) atoms. The fourth-order valence-electron chi connectivity index (χ4n) is 1.66. The molecule has 0 heterocycles. The molecular formula is C11H15N3O4S. The number of nitro benzene ring substituents is 1. The normalized spacial score (nSPS) is 15.2. The summed E-state index contributed by atoms with van der Waals surface area (Å²) in [6.45, 7) is 2.26. The fraction of sp³-hybridized carbons (Fsp3) is 0.455. The van der Waals surface area contributed by atoms with Gasteiger partial charge in [0.25, 0.3) is 5.69 Å². The summed E-state index contributed by atoms with van der Waals surface area (Å²) in [5.74, 6) is 0. The van der Waals surface area contributed by atoms with Crippen LogP contribution in [0.2, 0.25) is 0 Å². The number of nitro groups is 1. The summed E-state index contributed by atoms with van der Waals surface area (Å²) in [6, 6.07) is 3.76. The van der Waals surface area contributed by atoms with E-state index < -0.39 is 14.9 Å². The summed E-state index contributed by atoms with van der Waals surface area (Å²) < 4.78 is 26.6. The maximum atomic E-state index is 12.0. The van der Waals surface area contributed by atoms with Gasteiger partial charge in [-0.05, 0) is 31.9 Å². The van der Waals surface area contributed by atoms with Crippen LogP contribution in [0.4, 0.5) is 11.4 Å². The summed E-state index contributed by atoms with van der Waals surface area (Å²) in [7, 11) is -3.59. The highest BCUT2D eigenvalue weighted by molar-refractivity contribution is 7.89. The van der Waals surface area contributed by atoms with Crippen LogP contribution in [-0.2, 0) is 10.0 Å². The van der Waals surface area contributed by atoms with Crippen molar-refractivity contribution in [3.05, 3.63) is 28.3 Å². The summed E-state index contributed by atoms with van der Waals surface area (Å²) in [5.41, 5.74) is 0.0818. The predicted molar refractivity (Wildman–Crippen MR) is 70.6 cm³/mol. The Kier molecular flexibility index (Phi) is 3.72. The van der Waals surface area contributed by atoms with Gasteiger partial charge in [0, 0.05) is 18.7 Å². The van der Waals surface area contributed by atoms with E-state index in [1.54, 1.807) is 6.92 Å². The first-order chi connectivity index (χ1) is 8.94. The van der Waals surface area contributed by atoms with Gasteiger partial charge in [0.1, 0.15) is 5.69 Å². The number of benzene rings is 1. The maximum Gasteiger partial charge on any atom is 0.292 e. The van der Waals surface area contributed by atoms with Gasteiger partial charge in [0.05, 0.1) is 9.82 Å². The van der Waals surface area contributed by atoms with Crippen molar-refractivity contribution in [2.45, 2.75) is 30.7 Å². The second kappa shape index (κ2) is 5.14. The lowest BCUT2D eigenvalue weighted by Crippen LogP contribution is -2.25. The highest BCUT2D eigenvalue weighted by Gasteiger charge is 2.29. The molecule has 2 rings (SSSR count). The molecular weight excluding hydrogens is 270 g/mol. The van der Waals surface area contributed by atoms with Gasteiger partial charge in [-0.2, -0.15) is 0 Å². The number of nitrogens with zero attached hydrogens (tertiary/aromatic N) is 1. The van der Waals surface area contributed by atoms with E-state index in [9.17, 15) is 18.5 Å². The van der Waals surface area contributed by atoms with Crippen molar-refractivity contribution in [2.75, 3.05) is 11.9 Å². The second-order valence-corrected chi connectivity index (χ2v) is 6.08. The topological polar surface area (TPSA) is 101 Å². The Hall–Kier alpha value is -1.67.